The van der Waals surface area contributed by atoms with E-state index in [9.17, 15) is 0 Å². The molecule has 1 aliphatic carbocycles. The first-order valence-electron chi connectivity index (χ1n) is 10.5. The highest BCUT2D eigenvalue weighted by Gasteiger charge is 2.21. The molecular weight excluding hydrogens is 364 g/mol. The van der Waals surface area contributed by atoms with Crippen LogP contribution in [0.1, 0.15) is 36.0 Å². The molecule has 2 nitrogen and oxygen atoms in total. The van der Waals surface area contributed by atoms with E-state index < -0.39 is 0 Å². The molecule has 3 aromatic rings. The Morgan fingerprint density at radius 3 is 2.64 bits per heavy atom. The molecule has 28 heavy (non-hydrogen) atoms. The van der Waals surface area contributed by atoms with Gasteiger partial charge in [-0.3, -0.25) is 4.90 Å². The van der Waals surface area contributed by atoms with Crippen molar-refractivity contribution in [3.05, 3.63) is 76.5 Å². The Labute approximate surface area is 172 Å². The topological polar surface area (TPSA) is 19.0 Å². The summed E-state index contributed by atoms with van der Waals surface area (Å²) in [6, 6.07) is 15.1. The van der Waals surface area contributed by atoms with E-state index in [-0.39, 0.29) is 0 Å². The van der Waals surface area contributed by atoms with Crippen LogP contribution in [0.5, 0.6) is 0 Å². The minimum absolute atomic E-state index is 0.787. The Balaban J connectivity index is 1.14. The maximum atomic E-state index is 6.11. The van der Waals surface area contributed by atoms with Crippen molar-refractivity contribution in [1.82, 2.24) is 9.88 Å². The van der Waals surface area contributed by atoms with Gasteiger partial charge in [0.2, 0.25) is 0 Å². The molecule has 0 radical (unpaired) electrons. The lowest BCUT2D eigenvalue weighted by Crippen LogP contribution is -2.29. The molecular formula is C25H27ClN2. The summed E-state index contributed by atoms with van der Waals surface area (Å²) in [7, 11) is 0. The van der Waals surface area contributed by atoms with Gasteiger partial charge in [-0.25, -0.2) is 0 Å². The van der Waals surface area contributed by atoms with Crippen LogP contribution < -0.4 is 0 Å². The molecule has 2 aromatic carbocycles. The van der Waals surface area contributed by atoms with Crippen LogP contribution in [-0.4, -0.2) is 29.5 Å². The lowest BCUT2D eigenvalue weighted by Gasteiger charge is -2.26. The lowest BCUT2D eigenvalue weighted by atomic mass is 9.97. The van der Waals surface area contributed by atoms with Gasteiger partial charge in [0.25, 0.3) is 0 Å². The van der Waals surface area contributed by atoms with E-state index >= 15 is 0 Å². The van der Waals surface area contributed by atoms with E-state index in [1.54, 1.807) is 11.1 Å². The Kier molecular flexibility index (Phi) is 5.00. The number of aromatic amines is 1. The number of nitrogens with zero attached hydrogens (tertiary/aromatic N) is 1. The predicted molar refractivity (Wildman–Crippen MR) is 119 cm³/mol. The van der Waals surface area contributed by atoms with Crippen molar-refractivity contribution in [1.29, 1.82) is 0 Å². The van der Waals surface area contributed by atoms with Crippen LogP contribution >= 0.6 is 11.6 Å². The van der Waals surface area contributed by atoms with Crippen molar-refractivity contribution in [2.45, 2.75) is 32.1 Å². The van der Waals surface area contributed by atoms with E-state index in [1.807, 2.05) is 12.1 Å². The standard InChI is InChI=1S/C25H27ClN2/c26-22-7-8-23-24(17-27-25(23)16-22)19-9-12-28(13-10-19)11-3-4-18-14-20-5-1-2-6-21(20)15-18/h1-2,5-9,16-18,27H,3-4,10-15H2. The molecule has 0 fully saturated rings. The van der Waals surface area contributed by atoms with E-state index in [1.165, 1.54) is 48.8 Å². The van der Waals surface area contributed by atoms with Crippen molar-refractivity contribution in [3.8, 4) is 0 Å². The third kappa shape index (κ3) is 3.64. The van der Waals surface area contributed by atoms with E-state index in [0.717, 1.165) is 36.0 Å². The Bertz CT molecular complexity index is 991. The molecule has 0 saturated heterocycles. The van der Waals surface area contributed by atoms with Crippen LogP contribution in [0.4, 0.5) is 0 Å². The molecule has 3 heteroatoms. The third-order valence-corrected chi connectivity index (χ3v) is 6.74. The highest BCUT2D eigenvalue weighted by atomic mass is 35.5. The van der Waals surface area contributed by atoms with Gasteiger partial charge in [0.05, 0.1) is 0 Å². The van der Waals surface area contributed by atoms with Crippen LogP contribution in [0.15, 0.2) is 54.7 Å². The fraction of sp³-hybridized carbons (Fsp3) is 0.360. The normalized spacial score (nSPS) is 17.8. The number of aromatic nitrogens is 1. The summed E-state index contributed by atoms with van der Waals surface area (Å²) in [5.41, 5.74) is 7.10. The summed E-state index contributed by atoms with van der Waals surface area (Å²) >= 11 is 6.11. The van der Waals surface area contributed by atoms with Crippen LogP contribution in [0.3, 0.4) is 0 Å². The average molecular weight is 391 g/mol. The number of halogens is 1. The van der Waals surface area contributed by atoms with Crippen molar-refractivity contribution in [3.63, 3.8) is 0 Å². The maximum Gasteiger partial charge on any atom is 0.0475 e. The first kappa shape index (κ1) is 18.0. The van der Waals surface area contributed by atoms with Gasteiger partial charge in [-0.2, -0.15) is 0 Å². The molecule has 0 atom stereocenters. The molecule has 144 valence electrons. The van der Waals surface area contributed by atoms with Gasteiger partial charge in [-0.15, -0.1) is 0 Å². The van der Waals surface area contributed by atoms with Gasteiger partial charge in [-0.1, -0.05) is 48.0 Å². The molecule has 0 amide bonds. The Hall–Kier alpha value is -2.03. The SMILES string of the molecule is Clc1ccc2c(C3=CCN(CCCC4Cc5ccccc5C4)CC3)c[nH]c2c1. The monoisotopic (exact) mass is 390 g/mol. The number of H-pyrrole nitrogens is 1. The molecule has 5 rings (SSSR count). The van der Waals surface area contributed by atoms with Crippen molar-refractivity contribution >= 4 is 28.1 Å². The molecule has 2 aliphatic rings. The predicted octanol–water partition coefficient (Wildman–Crippen LogP) is 6.11. The Morgan fingerprint density at radius 2 is 1.89 bits per heavy atom. The summed E-state index contributed by atoms with van der Waals surface area (Å²) in [6.07, 6.45) is 10.9. The quantitative estimate of drug-likeness (QED) is 0.557. The summed E-state index contributed by atoms with van der Waals surface area (Å²) < 4.78 is 0. The van der Waals surface area contributed by atoms with Gasteiger partial charge < -0.3 is 4.98 Å². The van der Waals surface area contributed by atoms with Crippen LogP contribution in [0.25, 0.3) is 16.5 Å². The smallest absolute Gasteiger partial charge is 0.0475 e. The first-order chi connectivity index (χ1) is 13.8. The molecule has 1 N–H and O–H groups in total. The summed E-state index contributed by atoms with van der Waals surface area (Å²) in [4.78, 5) is 5.98. The minimum atomic E-state index is 0.787. The number of hydrogen-bond donors (Lipinski definition) is 1. The molecule has 0 bridgehead atoms. The highest BCUT2D eigenvalue weighted by Crippen LogP contribution is 2.32. The summed E-state index contributed by atoms with van der Waals surface area (Å²) in [5.74, 6) is 0.853. The molecule has 0 unspecified atom stereocenters. The minimum Gasteiger partial charge on any atom is -0.361 e. The summed E-state index contributed by atoms with van der Waals surface area (Å²) in [6.45, 7) is 3.46. The van der Waals surface area contributed by atoms with E-state index in [4.69, 9.17) is 11.6 Å². The zero-order chi connectivity index (χ0) is 18.9. The van der Waals surface area contributed by atoms with Crippen molar-refractivity contribution in [2.75, 3.05) is 19.6 Å². The number of hydrogen-bond acceptors (Lipinski definition) is 1. The third-order valence-electron chi connectivity index (χ3n) is 6.51. The van der Waals surface area contributed by atoms with Crippen molar-refractivity contribution < 1.29 is 0 Å². The fourth-order valence-electron chi connectivity index (χ4n) is 4.98. The second-order valence-corrected chi connectivity index (χ2v) is 8.79. The van der Waals surface area contributed by atoms with Crippen LogP contribution in [-0.2, 0) is 12.8 Å². The highest BCUT2D eigenvalue weighted by molar-refractivity contribution is 6.31. The average Bonchev–Trinajstić information content (AvgIpc) is 3.31. The van der Waals surface area contributed by atoms with Gasteiger partial charge >= 0.3 is 0 Å². The number of benzene rings is 2. The molecule has 1 aromatic heterocycles. The number of rotatable bonds is 5. The summed E-state index contributed by atoms with van der Waals surface area (Å²) in [5, 5.41) is 2.07. The fourth-order valence-corrected chi connectivity index (χ4v) is 5.15. The first-order valence-corrected chi connectivity index (χ1v) is 10.9. The second kappa shape index (κ2) is 7.77. The zero-order valence-corrected chi connectivity index (χ0v) is 17.0. The number of fused-ring (bicyclic) bond motifs is 2. The lowest BCUT2D eigenvalue weighted by molar-refractivity contribution is 0.285. The maximum absolute atomic E-state index is 6.11. The van der Waals surface area contributed by atoms with Gasteiger partial charge in [0.1, 0.15) is 0 Å². The van der Waals surface area contributed by atoms with Gasteiger partial charge in [0.15, 0.2) is 0 Å². The van der Waals surface area contributed by atoms with Gasteiger partial charge in [-0.05, 0) is 73.4 Å². The molecule has 1 aliphatic heterocycles. The molecule has 0 spiro atoms. The Morgan fingerprint density at radius 1 is 1.07 bits per heavy atom. The molecule has 0 saturated carbocycles. The van der Waals surface area contributed by atoms with Gasteiger partial charge in [0, 0.05) is 40.8 Å². The van der Waals surface area contributed by atoms with E-state index in [0.29, 0.717) is 0 Å². The van der Waals surface area contributed by atoms with Crippen LogP contribution in [0.2, 0.25) is 5.02 Å². The number of nitrogens with one attached hydrogen (secondary N) is 1. The van der Waals surface area contributed by atoms with Crippen LogP contribution in [0, 0.1) is 5.92 Å². The van der Waals surface area contributed by atoms with Crippen molar-refractivity contribution in [2.24, 2.45) is 5.92 Å². The largest absolute Gasteiger partial charge is 0.361 e. The van der Waals surface area contributed by atoms with E-state index in [2.05, 4.69) is 52.5 Å². The zero-order valence-electron chi connectivity index (χ0n) is 16.3. The molecule has 2 heterocycles. The second-order valence-electron chi connectivity index (χ2n) is 8.36.